The average molecular weight is 234 g/mol. The molecule has 0 bridgehead atoms. The Morgan fingerprint density at radius 2 is 1.43 bits per heavy atom. The molecule has 7 heteroatoms. The Kier molecular flexibility index (Phi) is 5.83. The van der Waals surface area contributed by atoms with Gasteiger partial charge in [0.05, 0.1) is 0 Å². The van der Waals surface area contributed by atoms with Gasteiger partial charge in [-0.1, -0.05) is 12.4 Å². The van der Waals surface area contributed by atoms with Gasteiger partial charge in [-0.05, 0) is 17.7 Å². The summed E-state index contributed by atoms with van der Waals surface area (Å²) in [5.74, 6) is -2.31. The molecule has 0 aliphatic rings. The van der Waals surface area contributed by atoms with Crippen molar-refractivity contribution >= 4 is 6.98 Å². The second kappa shape index (κ2) is 5.60. The van der Waals surface area contributed by atoms with Crippen LogP contribution in [-0.2, 0) is 6.32 Å². The molecule has 72 valence electrons. The van der Waals surface area contributed by atoms with E-state index in [1.165, 1.54) is 0 Å². The third-order valence-corrected chi connectivity index (χ3v) is 1.50. The monoisotopic (exact) mass is 234 g/mol. The van der Waals surface area contributed by atoms with Crippen molar-refractivity contribution in [3.8, 4) is 0 Å². The standard InChI is InChI=1S/C7H5BF5.K/c9-6-2-1-3-7(10)5(6)4-8(11,12)13;/h1-3H,4H2;/q-1;+1. The van der Waals surface area contributed by atoms with Gasteiger partial charge in [0, 0.05) is 0 Å². The fourth-order valence-electron chi connectivity index (χ4n) is 0.959. The van der Waals surface area contributed by atoms with Crippen molar-refractivity contribution < 1.29 is 73.1 Å². The topological polar surface area (TPSA) is 0 Å². The van der Waals surface area contributed by atoms with E-state index in [1.807, 2.05) is 0 Å². The van der Waals surface area contributed by atoms with Gasteiger partial charge in [0.15, 0.2) is 0 Å². The second-order valence-electron chi connectivity index (χ2n) is 2.61. The van der Waals surface area contributed by atoms with Crippen LogP contribution in [-0.4, -0.2) is 6.98 Å². The maximum Gasteiger partial charge on any atom is 1.00 e. The average Bonchev–Trinajstić information content (AvgIpc) is 1.95. The normalized spacial score (nSPS) is 10.9. The Morgan fingerprint density at radius 3 is 1.79 bits per heavy atom. The molecule has 0 saturated heterocycles. The van der Waals surface area contributed by atoms with E-state index in [1.54, 1.807) is 0 Å². The summed E-state index contributed by atoms with van der Waals surface area (Å²) < 4.78 is 60.8. The minimum absolute atomic E-state index is 0. The summed E-state index contributed by atoms with van der Waals surface area (Å²) in [5, 5.41) is 0. The van der Waals surface area contributed by atoms with Crippen LogP contribution in [0.3, 0.4) is 0 Å². The first-order valence-corrected chi connectivity index (χ1v) is 3.54. The molecule has 0 spiro atoms. The van der Waals surface area contributed by atoms with Gasteiger partial charge in [-0.25, -0.2) is 8.78 Å². The van der Waals surface area contributed by atoms with Gasteiger partial charge in [0.2, 0.25) is 0 Å². The van der Waals surface area contributed by atoms with E-state index in [-0.39, 0.29) is 51.4 Å². The number of hydrogen-bond donors (Lipinski definition) is 0. The zero-order valence-electron chi connectivity index (χ0n) is 7.41. The molecule has 0 aliphatic carbocycles. The number of benzene rings is 1. The molecule has 0 radical (unpaired) electrons. The summed E-state index contributed by atoms with van der Waals surface area (Å²) in [4.78, 5) is 0. The van der Waals surface area contributed by atoms with Gasteiger partial charge < -0.3 is 12.9 Å². The van der Waals surface area contributed by atoms with Crippen molar-refractivity contribution in [1.82, 2.24) is 0 Å². The molecule has 1 rings (SSSR count). The molecule has 0 amide bonds. The Bertz CT molecular complexity index is 291. The summed E-state index contributed by atoms with van der Waals surface area (Å²) in [7, 11) is 0. The van der Waals surface area contributed by atoms with Gasteiger partial charge in [-0.15, -0.1) is 0 Å². The fourth-order valence-corrected chi connectivity index (χ4v) is 0.959. The molecule has 0 saturated carbocycles. The van der Waals surface area contributed by atoms with Crippen LogP contribution >= 0.6 is 0 Å². The fraction of sp³-hybridized carbons (Fsp3) is 0.143. The summed E-state index contributed by atoms with van der Waals surface area (Å²) in [6.07, 6.45) is -1.52. The second-order valence-corrected chi connectivity index (χ2v) is 2.61. The van der Waals surface area contributed by atoms with Crippen molar-refractivity contribution in [2.24, 2.45) is 0 Å². The van der Waals surface area contributed by atoms with Gasteiger partial charge in [0.1, 0.15) is 11.6 Å². The molecule has 1 aromatic rings. The first kappa shape index (κ1) is 14.6. The first-order chi connectivity index (χ1) is 5.90. The molecule has 0 aromatic heterocycles. The SMILES string of the molecule is Fc1cccc(F)c1C[B-](F)(F)F.[K+]. The van der Waals surface area contributed by atoms with Gasteiger partial charge in [-0.2, -0.15) is 0 Å². The first-order valence-electron chi connectivity index (χ1n) is 3.54. The Morgan fingerprint density at radius 1 is 1.00 bits per heavy atom. The van der Waals surface area contributed by atoms with Crippen LogP contribution in [0.5, 0.6) is 0 Å². The minimum atomic E-state index is -5.20. The van der Waals surface area contributed by atoms with Gasteiger partial charge >= 0.3 is 58.4 Å². The predicted octanol–water partition coefficient (Wildman–Crippen LogP) is -0.102. The van der Waals surface area contributed by atoms with E-state index < -0.39 is 30.5 Å². The van der Waals surface area contributed by atoms with Crippen LogP contribution < -0.4 is 51.4 Å². The van der Waals surface area contributed by atoms with E-state index in [0.717, 1.165) is 18.2 Å². The maximum absolute atomic E-state index is 12.7. The predicted molar refractivity (Wildman–Crippen MR) is 39.1 cm³/mol. The molecule has 0 aliphatic heterocycles. The molecule has 0 fully saturated rings. The van der Waals surface area contributed by atoms with Crippen LogP contribution in [0.4, 0.5) is 21.7 Å². The number of halogens is 5. The Balaban J connectivity index is 0.00000169. The molecule has 0 nitrogen and oxygen atoms in total. The van der Waals surface area contributed by atoms with Crippen molar-refractivity contribution in [3.63, 3.8) is 0 Å². The molecule has 0 unspecified atom stereocenters. The molecular formula is C7H5BF5K. The van der Waals surface area contributed by atoms with Crippen molar-refractivity contribution in [2.75, 3.05) is 0 Å². The summed E-state index contributed by atoms with van der Waals surface area (Å²) in [6, 6.07) is 2.64. The number of rotatable bonds is 2. The Hall–Kier alpha value is 0.571. The summed E-state index contributed by atoms with van der Waals surface area (Å²) >= 11 is 0. The quantitative estimate of drug-likeness (QED) is 0.495. The summed E-state index contributed by atoms with van der Waals surface area (Å²) in [6.45, 7) is -5.20. The maximum atomic E-state index is 12.7. The van der Waals surface area contributed by atoms with E-state index >= 15 is 0 Å². The zero-order chi connectivity index (χ0) is 10.1. The van der Waals surface area contributed by atoms with Crippen LogP contribution in [0.2, 0.25) is 0 Å². The smallest absolute Gasteiger partial charge is 0.449 e. The molecule has 0 atom stereocenters. The largest absolute Gasteiger partial charge is 1.00 e. The number of hydrogen-bond acceptors (Lipinski definition) is 0. The Labute approximate surface area is 120 Å². The van der Waals surface area contributed by atoms with E-state index in [9.17, 15) is 21.7 Å². The van der Waals surface area contributed by atoms with Crippen molar-refractivity contribution in [3.05, 3.63) is 35.4 Å². The molecule has 14 heavy (non-hydrogen) atoms. The minimum Gasteiger partial charge on any atom is -0.449 e. The third-order valence-electron chi connectivity index (χ3n) is 1.50. The molecule has 1 aromatic carbocycles. The molecule has 0 heterocycles. The van der Waals surface area contributed by atoms with Gasteiger partial charge in [-0.3, -0.25) is 0 Å². The van der Waals surface area contributed by atoms with E-state index in [4.69, 9.17) is 0 Å². The summed E-state index contributed by atoms with van der Waals surface area (Å²) in [5.41, 5.74) is -0.907. The van der Waals surface area contributed by atoms with Crippen LogP contribution in [0.15, 0.2) is 18.2 Å². The van der Waals surface area contributed by atoms with E-state index in [2.05, 4.69) is 0 Å². The van der Waals surface area contributed by atoms with Crippen LogP contribution in [0.25, 0.3) is 0 Å². The van der Waals surface area contributed by atoms with Crippen LogP contribution in [0.1, 0.15) is 5.56 Å². The van der Waals surface area contributed by atoms with Gasteiger partial charge in [0.25, 0.3) is 0 Å². The van der Waals surface area contributed by atoms with Crippen LogP contribution in [0, 0.1) is 11.6 Å². The molecule has 0 N–H and O–H groups in total. The van der Waals surface area contributed by atoms with E-state index in [0.29, 0.717) is 0 Å². The molecular weight excluding hydrogens is 229 g/mol. The van der Waals surface area contributed by atoms with Crippen molar-refractivity contribution in [2.45, 2.75) is 6.32 Å². The van der Waals surface area contributed by atoms with Crippen molar-refractivity contribution in [1.29, 1.82) is 0 Å². The third kappa shape index (κ3) is 4.39. The zero-order valence-corrected chi connectivity index (χ0v) is 10.5.